The van der Waals surface area contributed by atoms with Crippen molar-refractivity contribution in [3.8, 4) is 0 Å². The van der Waals surface area contributed by atoms with Crippen LogP contribution in [0.25, 0.3) is 0 Å². The molecule has 0 fully saturated rings. The van der Waals surface area contributed by atoms with Gasteiger partial charge in [0.2, 0.25) is 0 Å². The predicted octanol–water partition coefficient (Wildman–Crippen LogP) is 2.10. The summed E-state index contributed by atoms with van der Waals surface area (Å²) in [5.74, 6) is 0. The molecular weight excluding hydrogens is 459 g/mol. The number of aryl methyl sites for hydroxylation is 1. The van der Waals surface area contributed by atoms with Gasteiger partial charge in [0.05, 0.1) is 18.1 Å². The maximum absolute atomic E-state index is 12.8. The fourth-order valence-corrected chi connectivity index (χ4v) is 4.27. The summed E-state index contributed by atoms with van der Waals surface area (Å²) in [7, 11) is -3.91. The summed E-state index contributed by atoms with van der Waals surface area (Å²) in [6.07, 6.45) is -0.332. The van der Waals surface area contributed by atoms with Crippen LogP contribution in [0.15, 0.2) is 82.2 Å². The molecule has 0 N–H and O–H groups in total. The monoisotopic (exact) mass is 480 g/mol. The molecule has 0 spiro atoms. The van der Waals surface area contributed by atoms with E-state index in [0.717, 1.165) is 21.2 Å². The molecule has 0 aliphatic heterocycles. The maximum Gasteiger partial charge on any atom is 1.00 e. The van der Waals surface area contributed by atoms with Crippen LogP contribution in [-0.2, 0) is 32.1 Å². The van der Waals surface area contributed by atoms with Crippen LogP contribution in [0.4, 0.5) is 0 Å². The topological polar surface area (TPSA) is 52.6 Å². The molecule has 0 aliphatic carbocycles. The summed E-state index contributed by atoms with van der Waals surface area (Å²) in [6, 6.07) is 25.0. The molecule has 1 atom stereocenters. The Hall–Kier alpha value is -1.39. The van der Waals surface area contributed by atoms with Gasteiger partial charge < -0.3 is 4.74 Å². The van der Waals surface area contributed by atoms with Gasteiger partial charge >= 0.3 is 18.9 Å². The van der Waals surface area contributed by atoms with Crippen molar-refractivity contribution in [2.45, 2.75) is 31.0 Å². The number of hydrogen-bond acceptors (Lipinski definition) is 4. The first-order valence-electron chi connectivity index (χ1n) is 9.21. The van der Waals surface area contributed by atoms with Gasteiger partial charge in [-0.15, -0.1) is 21.5 Å². The van der Waals surface area contributed by atoms with E-state index in [4.69, 9.17) is 8.92 Å². The Bertz CT molecular complexity index is 1020. The SMILES string of the molecule is Cc1ccc(S(=O)(=O)O[C@H](COCc2ccccc2)Cc2[c-]cccc2Br)cc1.[Li+]. The average molecular weight is 481 g/mol. The molecule has 0 unspecified atom stereocenters. The first-order chi connectivity index (χ1) is 13.9. The molecule has 0 heterocycles. The van der Waals surface area contributed by atoms with Crippen molar-refractivity contribution in [3.05, 3.63) is 100 Å². The first kappa shape index (κ1) is 24.9. The van der Waals surface area contributed by atoms with Crippen molar-refractivity contribution >= 4 is 26.0 Å². The van der Waals surface area contributed by atoms with E-state index in [9.17, 15) is 8.42 Å². The van der Waals surface area contributed by atoms with Crippen molar-refractivity contribution in [3.63, 3.8) is 0 Å². The zero-order valence-corrected chi connectivity index (χ0v) is 19.4. The van der Waals surface area contributed by atoms with Gasteiger partial charge in [0, 0.05) is 0 Å². The quantitative estimate of drug-likeness (QED) is 0.267. The van der Waals surface area contributed by atoms with Gasteiger partial charge in [-0.05, 0) is 31.0 Å². The van der Waals surface area contributed by atoms with Crippen LogP contribution < -0.4 is 18.9 Å². The molecule has 0 radical (unpaired) electrons. The Kier molecular flexibility index (Phi) is 9.83. The van der Waals surface area contributed by atoms with E-state index in [1.807, 2.05) is 49.4 Å². The van der Waals surface area contributed by atoms with Gasteiger partial charge in [0.15, 0.2) is 0 Å². The van der Waals surface area contributed by atoms with Crippen molar-refractivity contribution in [2.75, 3.05) is 6.61 Å². The molecule has 3 aromatic rings. The van der Waals surface area contributed by atoms with Gasteiger partial charge in [0.1, 0.15) is 6.10 Å². The van der Waals surface area contributed by atoms with E-state index in [0.29, 0.717) is 13.0 Å². The minimum Gasteiger partial charge on any atom is -0.374 e. The molecule has 0 bridgehead atoms. The van der Waals surface area contributed by atoms with E-state index in [2.05, 4.69) is 22.0 Å². The van der Waals surface area contributed by atoms with Crippen molar-refractivity contribution in [1.82, 2.24) is 0 Å². The van der Waals surface area contributed by atoms with Crippen LogP contribution in [0.2, 0.25) is 0 Å². The fraction of sp³-hybridized carbons (Fsp3) is 0.217. The van der Waals surface area contributed by atoms with E-state index in [-0.39, 0.29) is 30.4 Å². The molecule has 0 amide bonds. The molecule has 3 aromatic carbocycles. The largest absolute Gasteiger partial charge is 1.00 e. The van der Waals surface area contributed by atoms with E-state index in [1.54, 1.807) is 30.3 Å². The van der Waals surface area contributed by atoms with Crippen molar-refractivity contribution < 1.29 is 36.2 Å². The van der Waals surface area contributed by atoms with Gasteiger partial charge in [-0.2, -0.15) is 32.7 Å². The normalized spacial score (nSPS) is 12.2. The summed E-state index contributed by atoms with van der Waals surface area (Å²) in [5.41, 5.74) is 2.83. The van der Waals surface area contributed by atoms with Crippen LogP contribution in [0.5, 0.6) is 0 Å². The average Bonchev–Trinajstić information content (AvgIpc) is 2.70. The first-order valence-corrected chi connectivity index (χ1v) is 11.4. The summed E-state index contributed by atoms with van der Waals surface area (Å²) in [6.45, 7) is 2.42. The summed E-state index contributed by atoms with van der Waals surface area (Å²) >= 11 is 3.49. The second-order valence-corrected chi connectivity index (χ2v) is 9.11. The van der Waals surface area contributed by atoms with Gasteiger partial charge in [0.25, 0.3) is 10.1 Å². The third-order valence-corrected chi connectivity index (χ3v) is 6.42. The van der Waals surface area contributed by atoms with Gasteiger partial charge in [-0.1, -0.05) is 52.5 Å². The summed E-state index contributed by atoms with van der Waals surface area (Å²) in [5, 5.41) is 0. The Morgan fingerprint density at radius 1 is 1.00 bits per heavy atom. The van der Waals surface area contributed by atoms with Crippen molar-refractivity contribution in [1.29, 1.82) is 0 Å². The van der Waals surface area contributed by atoms with Crippen LogP contribution in [0.1, 0.15) is 16.7 Å². The number of hydrogen-bond donors (Lipinski definition) is 0. The van der Waals surface area contributed by atoms with E-state index < -0.39 is 16.2 Å². The molecule has 0 aromatic heterocycles. The minimum absolute atomic E-state index is 0. The molecule has 3 rings (SSSR count). The minimum atomic E-state index is -3.91. The van der Waals surface area contributed by atoms with Crippen molar-refractivity contribution in [2.24, 2.45) is 0 Å². The number of ether oxygens (including phenoxy) is 1. The molecule has 0 saturated carbocycles. The zero-order valence-electron chi connectivity index (χ0n) is 17.0. The molecule has 30 heavy (non-hydrogen) atoms. The van der Waals surface area contributed by atoms with Crippen LogP contribution in [-0.4, -0.2) is 21.1 Å². The van der Waals surface area contributed by atoms with Gasteiger partial charge in [-0.3, -0.25) is 4.18 Å². The Morgan fingerprint density at radius 3 is 2.37 bits per heavy atom. The number of halogens is 1. The smallest absolute Gasteiger partial charge is 0.374 e. The van der Waals surface area contributed by atoms with Crippen LogP contribution >= 0.6 is 15.9 Å². The third kappa shape index (κ3) is 7.38. The zero-order chi connectivity index (χ0) is 20.7. The second-order valence-electron chi connectivity index (χ2n) is 6.69. The summed E-state index contributed by atoms with van der Waals surface area (Å²) < 4.78 is 37.7. The Labute approximate surface area is 199 Å². The van der Waals surface area contributed by atoms with Crippen LogP contribution in [0.3, 0.4) is 0 Å². The Balaban J connectivity index is 0.00000320. The number of rotatable bonds is 9. The fourth-order valence-electron chi connectivity index (χ4n) is 2.78. The molecule has 7 heteroatoms. The number of benzene rings is 3. The van der Waals surface area contributed by atoms with E-state index >= 15 is 0 Å². The van der Waals surface area contributed by atoms with Crippen LogP contribution in [0, 0.1) is 13.0 Å². The molecule has 4 nitrogen and oxygen atoms in total. The predicted molar refractivity (Wildman–Crippen MR) is 116 cm³/mol. The molecule has 152 valence electrons. The standard InChI is InChI=1S/C23H22BrO4S.Li/c1-18-11-13-22(14-12-18)29(25,26)28-21(15-20-9-5-6-10-23(20)24)17-27-16-19-7-3-2-4-8-19;/h2-8,10-14,21H,15-17H2,1H3;/q-1;+1/t21-;/m0./s1. The Morgan fingerprint density at radius 2 is 1.70 bits per heavy atom. The van der Waals surface area contributed by atoms with E-state index in [1.165, 1.54) is 0 Å². The maximum atomic E-state index is 12.8. The molecule has 0 aliphatic rings. The molecule has 0 saturated heterocycles. The van der Waals surface area contributed by atoms with Gasteiger partial charge in [-0.25, -0.2) is 0 Å². The third-order valence-electron chi connectivity index (χ3n) is 4.30. The summed E-state index contributed by atoms with van der Waals surface area (Å²) in [4.78, 5) is 0.132. The second kappa shape index (κ2) is 11.9. The molecular formula is C23H22BrLiO4S.